The molecule has 0 spiro atoms. The molecule has 0 atom stereocenters. The van der Waals surface area contributed by atoms with E-state index >= 15 is 0 Å². The molecule has 0 aromatic heterocycles. The number of methoxy groups -OCH3 is 2. The van der Waals surface area contributed by atoms with Crippen LogP contribution < -0.4 is 14.8 Å². The Bertz CT molecular complexity index is 1010. The highest BCUT2D eigenvalue weighted by Gasteiger charge is 2.18. The molecule has 3 aromatic carbocycles. The molecule has 0 saturated heterocycles. The second kappa shape index (κ2) is 10.3. The lowest BCUT2D eigenvalue weighted by atomic mass is 10.0. The van der Waals surface area contributed by atoms with E-state index < -0.39 is 0 Å². The lowest BCUT2D eigenvalue weighted by molar-refractivity contribution is 0.0981. The molecular formula is C25H25NO4. The molecule has 0 aliphatic rings. The molecule has 5 heteroatoms. The van der Waals surface area contributed by atoms with Gasteiger partial charge in [0.25, 0.3) is 5.91 Å². The number of carbonyl (C=O) groups is 2. The fourth-order valence-corrected chi connectivity index (χ4v) is 3.24. The van der Waals surface area contributed by atoms with E-state index in [1.54, 1.807) is 49.6 Å². The number of anilines is 1. The van der Waals surface area contributed by atoms with Gasteiger partial charge in [0.05, 0.1) is 19.9 Å². The van der Waals surface area contributed by atoms with Gasteiger partial charge in [-0.05, 0) is 48.7 Å². The van der Waals surface area contributed by atoms with Gasteiger partial charge in [0, 0.05) is 17.5 Å². The number of ketones is 1. The van der Waals surface area contributed by atoms with E-state index in [-0.39, 0.29) is 11.7 Å². The lowest BCUT2D eigenvalue weighted by Crippen LogP contribution is -2.16. The number of aryl methyl sites for hydroxylation is 1. The van der Waals surface area contributed by atoms with Crippen LogP contribution in [-0.4, -0.2) is 25.9 Å². The number of carbonyl (C=O) groups excluding carboxylic acids is 2. The molecule has 0 aliphatic heterocycles. The third-order valence-corrected chi connectivity index (χ3v) is 4.83. The summed E-state index contributed by atoms with van der Waals surface area (Å²) in [5.41, 5.74) is 2.46. The van der Waals surface area contributed by atoms with Gasteiger partial charge in [-0.25, -0.2) is 0 Å². The Morgan fingerprint density at radius 3 is 2.37 bits per heavy atom. The van der Waals surface area contributed by atoms with Gasteiger partial charge < -0.3 is 14.8 Å². The molecule has 0 aliphatic carbocycles. The number of benzene rings is 3. The molecule has 3 rings (SSSR count). The predicted octanol–water partition coefficient (Wildman–Crippen LogP) is 5.16. The third-order valence-electron chi connectivity index (χ3n) is 4.83. The second-order valence-corrected chi connectivity index (χ2v) is 6.83. The minimum atomic E-state index is -0.336. The van der Waals surface area contributed by atoms with Gasteiger partial charge in [0.15, 0.2) is 5.78 Å². The third kappa shape index (κ3) is 5.26. The molecule has 0 bridgehead atoms. The van der Waals surface area contributed by atoms with Crippen molar-refractivity contribution in [3.63, 3.8) is 0 Å². The van der Waals surface area contributed by atoms with Crippen LogP contribution in [-0.2, 0) is 6.42 Å². The van der Waals surface area contributed by atoms with E-state index in [1.165, 1.54) is 12.7 Å². The molecule has 30 heavy (non-hydrogen) atoms. The van der Waals surface area contributed by atoms with Crippen LogP contribution in [0.2, 0.25) is 0 Å². The molecule has 0 fully saturated rings. The van der Waals surface area contributed by atoms with Crippen molar-refractivity contribution in [2.45, 2.75) is 19.3 Å². The predicted molar refractivity (Wildman–Crippen MR) is 118 cm³/mol. The first kappa shape index (κ1) is 21.1. The van der Waals surface area contributed by atoms with E-state index in [9.17, 15) is 9.59 Å². The van der Waals surface area contributed by atoms with E-state index in [0.717, 1.165) is 12.8 Å². The van der Waals surface area contributed by atoms with Crippen molar-refractivity contribution in [1.29, 1.82) is 0 Å². The molecule has 0 unspecified atom stereocenters. The maximum Gasteiger partial charge on any atom is 0.255 e. The van der Waals surface area contributed by atoms with Gasteiger partial charge in [-0.3, -0.25) is 9.59 Å². The molecule has 154 valence electrons. The minimum Gasteiger partial charge on any atom is -0.497 e. The van der Waals surface area contributed by atoms with Crippen LogP contribution in [0.5, 0.6) is 11.5 Å². The topological polar surface area (TPSA) is 64.6 Å². The number of rotatable bonds is 9. The average molecular weight is 403 g/mol. The van der Waals surface area contributed by atoms with Crippen LogP contribution in [0.25, 0.3) is 0 Å². The number of nitrogens with one attached hydrogen (secondary N) is 1. The Kier molecular flexibility index (Phi) is 7.22. The van der Waals surface area contributed by atoms with E-state index in [2.05, 4.69) is 17.4 Å². The Labute approximate surface area is 176 Å². The maximum atomic E-state index is 12.9. The van der Waals surface area contributed by atoms with Crippen molar-refractivity contribution >= 4 is 17.4 Å². The first-order chi connectivity index (χ1) is 14.6. The van der Waals surface area contributed by atoms with E-state index in [0.29, 0.717) is 34.7 Å². The molecule has 0 radical (unpaired) electrons. The number of ether oxygens (including phenoxy) is 2. The first-order valence-electron chi connectivity index (χ1n) is 9.82. The second-order valence-electron chi connectivity index (χ2n) is 6.83. The Morgan fingerprint density at radius 1 is 0.867 bits per heavy atom. The van der Waals surface area contributed by atoms with Gasteiger partial charge >= 0.3 is 0 Å². The van der Waals surface area contributed by atoms with Crippen LogP contribution in [0.15, 0.2) is 72.8 Å². The highest BCUT2D eigenvalue weighted by molar-refractivity contribution is 6.10. The fraction of sp³-hybridized carbons (Fsp3) is 0.200. The number of Topliss-reactive ketones (excluding diaryl/α,β-unsaturated/α-hetero) is 1. The quantitative estimate of drug-likeness (QED) is 0.501. The van der Waals surface area contributed by atoms with Crippen LogP contribution in [0.1, 0.15) is 39.1 Å². The zero-order valence-electron chi connectivity index (χ0n) is 17.2. The van der Waals surface area contributed by atoms with Crippen LogP contribution in [0.4, 0.5) is 5.69 Å². The van der Waals surface area contributed by atoms with Crippen LogP contribution in [0.3, 0.4) is 0 Å². The number of amides is 1. The highest BCUT2D eigenvalue weighted by Crippen LogP contribution is 2.30. The molecule has 3 aromatic rings. The van der Waals surface area contributed by atoms with Crippen molar-refractivity contribution in [3.05, 3.63) is 89.5 Å². The first-order valence-corrected chi connectivity index (χ1v) is 9.82. The summed E-state index contributed by atoms with van der Waals surface area (Å²) >= 11 is 0. The molecular weight excluding hydrogens is 378 g/mol. The zero-order valence-corrected chi connectivity index (χ0v) is 17.2. The van der Waals surface area contributed by atoms with Crippen molar-refractivity contribution in [2.24, 2.45) is 0 Å². The van der Waals surface area contributed by atoms with Gasteiger partial charge in [0.2, 0.25) is 0 Å². The summed E-state index contributed by atoms with van der Waals surface area (Å²) in [7, 11) is 3.06. The molecule has 5 nitrogen and oxygen atoms in total. The van der Waals surface area contributed by atoms with Crippen LogP contribution in [0, 0.1) is 0 Å². The summed E-state index contributed by atoms with van der Waals surface area (Å²) in [5, 5.41) is 2.85. The molecule has 0 heterocycles. The van der Waals surface area contributed by atoms with E-state index in [1.807, 2.05) is 18.2 Å². The maximum absolute atomic E-state index is 12.9. The number of hydrogen-bond acceptors (Lipinski definition) is 4. The summed E-state index contributed by atoms with van der Waals surface area (Å²) < 4.78 is 10.6. The molecule has 0 saturated carbocycles. The summed E-state index contributed by atoms with van der Waals surface area (Å²) in [5.74, 6) is 0.655. The Balaban J connectivity index is 1.76. The van der Waals surface area contributed by atoms with E-state index in [4.69, 9.17) is 9.47 Å². The minimum absolute atomic E-state index is 0.0363. The SMILES string of the molecule is COc1cccc(C(=O)Nc2c(OC)cccc2C(=O)CCCc2ccccc2)c1. The highest BCUT2D eigenvalue weighted by atomic mass is 16.5. The largest absolute Gasteiger partial charge is 0.497 e. The fourth-order valence-electron chi connectivity index (χ4n) is 3.24. The van der Waals surface area contributed by atoms with Crippen molar-refractivity contribution < 1.29 is 19.1 Å². The molecule has 1 amide bonds. The lowest BCUT2D eigenvalue weighted by Gasteiger charge is -2.15. The summed E-state index contributed by atoms with van der Waals surface area (Å²) in [6, 6.07) is 22.1. The Hall–Kier alpha value is -3.60. The standard InChI is InChI=1S/C25H25NO4/c1-29-20-13-7-12-19(17-20)25(28)26-24-21(14-8-16-23(24)30-2)22(27)15-6-11-18-9-4-3-5-10-18/h3-5,7-10,12-14,16-17H,6,11,15H2,1-2H3,(H,26,28). The monoisotopic (exact) mass is 403 g/mol. The normalized spacial score (nSPS) is 10.3. The summed E-state index contributed by atoms with van der Waals surface area (Å²) in [6.07, 6.45) is 1.93. The summed E-state index contributed by atoms with van der Waals surface area (Å²) in [6.45, 7) is 0. The van der Waals surface area contributed by atoms with Gasteiger partial charge in [0.1, 0.15) is 11.5 Å². The number of para-hydroxylation sites is 1. The Morgan fingerprint density at radius 2 is 1.63 bits per heavy atom. The average Bonchev–Trinajstić information content (AvgIpc) is 2.79. The van der Waals surface area contributed by atoms with Crippen molar-refractivity contribution in [2.75, 3.05) is 19.5 Å². The molecule has 1 N–H and O–H groups in total. The van der Waals surface area contributed by atoms with Gasteiger partial charge in [-0.1, -0.05) is 42.5 Å². The van der Waals surface area contributed by atoms with Crippen molar-refractivity contribution in [1.82, 2.24) is 0 Å². The van der Waals surface area contributed by atoms with Gasteiger partial charge in [-0.2, -0.15) is 0 Å². The number of hydrogen-bond donors (Lipinski definition) is 1. The van der Waals surface area contributed by atoms with Gasteiger partial charge in [-0.15, -0.1) is 0 Å². The smallest absolute Gasteiger partial charge is 0.255 e. The summed E-state index contributed by atoms with van der Waals surface area (Å²) in [4.78, 5) is 25.7. The van der Waals surface area contributed by atoms with Crippen LogP contribution >= 0.6 is 0 Å². The zero-order chi connectivity index (χ0) is 21.3. The van der Waals surface area contributed by atoms with Crippen molar-refractivity contribution in [3.8, 4) is 11.5 Å².